The molecule has 2 rings (SSSR count). The van der Waals surface area contributed by atoms with Gasteiger partial charge in [0.05, 0.1) is 0 Å². The Morgan fingerprint density at radius 2 is 2.00 bits per heavy atom. The van der Waals surface area contributed by atoms with Crippen LogP contribution in [0.5, 0.6) is 0 Å². The van der Waals surface area contributed by atoms with E-state index in [1.165, 1.54) is 6.42 Å². The third-order valence-electron chi connectivity index (χ3n) is 3.41. The van der Waals surface area contributed by atoms with Gasteiger partial charge >= 0.3 is 0 Å². The van der Waals surface area contributed by atoms with Crippen LogP contribution in [0.15, 0.2) is 12.2 Å². The van der Waals surface area contributed by atoms with E-state index in [4.69, 9.17) is 0 Å². The summed E-state index contributed by atoms with van der Waals surface area (Å²) < 4.78 is 0. The van der Waals surface area contributed by atoms with Gasteiger partial charge in [0.15, 0.2) is 0 Å². The molecule has 10 heavy (non-hydrogen) atoms. The molecule has 0 amide bonds. The lowest BCUT2D eigenvalue weighted by atomic mass is 9.97. The fraction of sp³-hybridized carbons (Fsp3) is 0.800. The summed E-state index contributed by atoms with van der Waals surface area (Å²) in [5, 5.41) is 0. The SMILES string of the molecule is C[C@@H]1C=C[C@H]2[C@@H](C1)C2(C)C. The first kappa shape index (κ1) is 6.45. The first-order chi connectivity index (χ1) is 4.62. The fourth-order valence-electron chi connectivity index (χ4n) is 2.41. The first-order valence-corrected chi connectivity index (χ1v) is 4.30. The van der Waals surface area contributed by atoms with Gasteiger partial charge in [-0.1, -0.05) is 32.9 Å². The molecule has 0 aromatic heterocycles. The lowest BCUT2D eigenvalue weighted by Gasteiger charge is -2.08. The lowest BCUT2D eigenvalue weighted by molar-refractivity contribution is 0.487. The van der Waals surface area contributed by atoms with E-state index in [2.05, 4.69) is 32.9 Å². The molecule has 0 heteroatoms. The summed E-state index contributed by atoms with van der Waals surface area (Å²) in [6.45, 7) is 7.11. The van der Waals surface area contributed by atoms with Crippen LogP contribution in [0.25, 0.3) is 0 Å². The Hall–Kier alpha value is -0.260. The Labute approximate surface area is 63.3 Å². The highest BCUT2D eigenvalue weighted by Crippen LogP contribution is 2.63. The quantitative estimate of drug-likeness (QED) is 0.449. The summed E-state index contributed by atoms with van der Waals surface area (Å²) in [5.74, 6) is 2.76. The monoisotopic (exact) mass is 136 g/mol. The molecule has 56 valence electrons. The molecule has 0 N–H and O–H groups in total. The van der Waals surface area contributed by atoms with Gasteiger partial charge in [0.2, 0.25) is 0 Å². The van der Waals surface area contributed by atoms with Gasteiger partial charge in [0.1, 0.15) is 0 Å². The molecule has 0 radical (unpaired) electrons. The molecule has 0 aromatic carbocycles. The van der Waals surface area contributed by atoms with E-state index >= 15 is 0 Å². The van der Waals surface area contributed by atoms with Crippen LogP contribution in [0.1, 0.15) is 27.2 Å². The molecule has 0 nitrogen and oxygen atoms in total. The van der Waals surface area contributed by atoms with Crippen LogP contribution in [0.3, 0.4) is 0 Å². The molecule has 0 spiro atoms. The first-order valence-electron chi connectivity index (χ1n) is 4.30. The predicted molar refractivity (Wildman–Crippen MR) is 43.7 cm³/mol. The van der Waals surface area contributed by atoms with E-state index in [1.807, 2.05) is 0 Å². The van der Waals surface area contributed by atoms with Crippen LogP contribution < -0.4 is 0 Å². The molecule has 2 aliphatic rings. The van der Waals surface area contributed by atoms with Crippen LogP contribution in [-0.2, 0) is 0 Å². The zero-order valence-corrected chi connectivity index (χ0v) is 7.09. The highest BCUT2D eigenvalue weighted by Gasteiger charge is 2.56. The summed E-state index contributed by atoms with van der Waals surface area (Å²) in [5.41, 5.74) is 0.640. The molecular weight excluding hydrogens is 120 g/mol. The molecule has 0 aliphatic heterocycles. The van der Waals surface area contributed by atoms with Crippen molar-refractivity contribution < 1.29 is 0 Å². The molecule has 0 bridgehead atoms. The van der Waals surface area contributed by atoms with E-state index in [0.29, 0.717) is 5.41 Å². The van der Waals surface area contributed by atoms with E-state index in [0.717, 1.165) is 17.8 Å². The maximum absolute atomic E-state index is 2.43. The Morgan fingerprint density at radius 3 is 2.50 bits per heavy atom. The number of hydrogen-bond acceptors (Lipinski definition) is 0. The van der Waals surface area contributed by atoms with Gasteiger partial charge in [-0.25, -0.2) is 0 Å². The Kier molecular flexibility index (Phi) is 1.07. The van der Waals surface area contributed by atoms with Crippen molar-refractivity contribution in [1.82, 2.24) is 0 Å². The number of hydrogen-bond donors (Lipinski definition) is 0. The lowest BCUT2D eigenvalue weighted by Crippen LogP contribution is -1.97. The van der Waals surface area contributed by atoms with Crippen LogP contribution >= 0.6 is 0 Å². The van der Waals surface area contributed by atoms with Gasteiger partial charge in [-0.05, 0) is 29.6 Å². The second kappa shape index (κ2) is 1.66. The normalized spacial score (nSPS) is 48.5. The predicted octanol–water partition coefficient (Wildman–Crippen LogP) is 2.85. The maximum atomic E-state index is 2.43. The highest BCUT2D eigenvalue weighted by molar-refractivity contribution is 5.18. The largest absolute Gasteiger partial charge is 0.0854 e. The van der Waals surface area contributed by atoms with E-state index < -0.39 is 0 Å². The fourth-order valence-corrected chi connectivity index (χ4v) is 2.41. The van der Waals surface area contributed by atoms with Gasteiger partial charge in [0.25, 0.3) is 0 Å². The molecular formula is C10H16. The highest BCUT2D eigenvalue weighted by atomic mass is 14.6. The van der Waals surface area contributed by atoms with Gasteiger partial charge in [-0.3, -0.25) is 0 Å². The molecule has 3 atom stereocenters. The Bertz CT molecular complexity index is 176. The topological polar surface area (TPSA) is 0 Å². The van der Waals surface area contributed by atoms with Crippen molar-refractivity contribution in [1.29, 1.82) is 0 Å². The van der Waals surface area contributed by atoms with Crippen molar-refractivity contribution >= 4 is 0 Å². The van der Waals surface area contributed by atoms with Crippen molar-refractivity contribution in [3.8, 4) is 0 Å². The third kappa shape index (κ3) is 0.680. The van der Waals surface area contributed by atoms with Crippen LogP contribution in [0.4, 0.5) is 0 Å². The van der Waals surface area contributed by atoms with Gasteiger partial charge in [-0.15, -0.1) is 0 Å². The van der Waals surface area contributed by atoms with Crippen molar-refractivity contribution in [2.45, 2.75) is 27.2 Å². The van der Waals surface area contributed by atoms with E-state index in [9.17, 15) is 0 Å². The average molecular weight is 136 g/mol. The minimum Gasteiger partial charge on any atom is -0.0854 e. The molecule has 0 aromatic rings. The number of rotatable bonds is 0. The molecule has 0 saturated heterocycles. The second-order valence-corrected chi connectivity index (χ2v) is 4.55. The molecule has 2 aliphatic carbocycles. The van der Waals surface area contributed by atoms with Gasteiger partial charge in [-0.2, -0.15) is 0 Å². The van der Waals surface area contributed by atoms with Gasteiger partial charge < -0.3 is 0 Å². The minimum atomic E-state index is 0.640. The van der Waals surface area contributed by atoms with E-state index in [-0.39, 0.29) is 0 Å². The van der Waals surface area contributed by atoms with Crippen molar-refractivity contribution in [2.75, 3.05) is 0 Å². The van der Waals surface area contributed by atoms with Crippen molar-refractivity contribution in [3.05, 3.63) is 12.2 Å². The van der Waals surface area contributed by atoms with Crippen molar-refractivity contribution in [2.24, 2.45) is 23.2 Å². The molecule has 1 fully saturated rings. The molecule has 0 heterocycles. The van der Waals surface area contributed by atoms with Crippen LogP contribution in [-0.4, -0.2) is 0 Å². The zero-order chi connectivity index (χ0) is 7.35. The molecule has 1 saturated carbocycles. The van der Waals surface area contributed by atoms with Crippen molar-refractivity contribution in [3.63, 3.8) is 0 Å². The van der Waals surface area contributed by atoms with Crippen LogP contribution in [0, 0.1) is 23.2 Å². The maximum Gasteiger partial charge on any atom is -0.0145 e. The zero-order valence-electron chi connectivity index (χ0n) is 7.09. The minimum absolute atomic E-state index is 0.640. The van der Waals surface area contributed by atoms with E-state index in [1.54, 1.807) is 0 Å². The Balaban J connectivity index is 2.16. The second-order valence-electron chi connectivity index (χ2n) is 4.55. The molecule has 0 unspecified atom stereocenters. The summed E-state index contributed by atoms with van der Waals surface area (Å²) in [6, 6.07) is 0. The summed E-state index contributed by atoms with van der Waals surface area (Å²) >= 11 is 0. The number of allylic oxidation sites excluding steroid dienone is 2. The Morgan fingerprint density at radius 1 is 1.30 bits per heavy atom. The summed E-state index contributed by atoms with van der Waals surface area (Å²) in [6.07, 6.45) is 6.24. The smallest absolute Gasteiger partial charge is 0.0145 e. The standard InChI is InChI=1S/C10H16/c1-7-4-5-8-9(6-7)10(8,2)3/h4-5,7-9H,6H2,1-3H3/t7-,8+,9-/m1/s1. The third-order valence-corrected chi connectivity index (χ3v) is 3.41. The van der Waals surface area contributed by atoms with Gasteiger partial charge in [0, 0.05) is 0 Å². The van der Waals surface area contributed by atoms with Crippen LogP contribution in [0.2, 0.25) is 0 Å². The summed E-state index contributed by atoms with van der Waals surface area (Å²) in [7, 11) is 0. The summed E-state index contributed by atoms with van der Waals surface area (Å²) in [4.78, 5) is 0. The number of fused-ring (bicyclic) bond motifs is 1. The average Bonchev–Trinajstić information content (AvgIpc) is 2.36.